The Kier molecular flexibility index (Phi) is 3.14. The van der Waals surface area contributed by atoms with Crippen molar-refractivity contribution in [1.82, 2.24) is 14.5 Å². The average Bonchev–Trinajstić information content (AvgIpc) is 3.36. The summed E-state index contributed by atoms with van der Waals surface area (Å²) in [7, 11) is 0. The summed E-state index contributed by atoms with van der Waals surface area (Å²) in [6, 6.07) is 24.7. The van der Waals surface area contributed by atoms with E-state index in [-0.39, 0.29) is 0 Å². The van der Waals surface area contributed by atoms with Crippen LogP contribution < -0.4 is 0 Å². The lowest BCUT2D eigenvalue weighted by molar-refractivity contribution is 0.619. The van der Waals surface area contributed by atoms with E-state index in [2.05, 4.69) is 45.9 Å². The van der Waals surface area contributed by atoms with Gasteiger partial charge in [-0.2, -0.15) is 0 Å². The molecular weight excluding hydrogens is 346 g/mol. The molecule has 0 N–H and O–H groups in total. The fraction of sp³-hybridized carbons (Fsp3) is 0. The van der Waals surface area contributed by atoms with Crippen molar-refractivity contribution in [1.29, 1.82) is 0 Å². The summed E-state index contributed by atoms with van der Waals surface area (Å²) >= 11 is 0. The van der Waals surface area contributed by atoms with Gasteiger partial charge in [-0.05, 0) is 48.5 Å². The van der Waals surface area contributed by atoms with E-state index in [1.165, 1.54) is 0 Å². The summed E-state index contributed by atoms with van der Waals surface area (Å²) in [5.41, 5.74) is 5.08. The zero-order valence-electron chi connectivity index (χ0n) is 14.9. The van der Waals surface area contributed by atoms with Crippen LogP contribution in [0.1, 0.15) is 0 Å². The minimum absolute atomic E-state index is 0.881. The molecule has 0 unspecified atom stereocenters. The summed E-state index contributed by atoms with van der Waals surface area (Å²) in [6.45, 7) is 0. The van der Waals surface area contributed by atoms with Crippen molar-refractivity contribution in [3.05, 3.63) is 91.5 Å². The predicted molar refractivity (Wildman–Crippen MR) is 112 cm³/mol. The van der Waals surface area contributed by atoms with Crippen LogP contribution in [-0.4, -0.2) is 14.5 Å². The zero-order valence-corrected chi connectivity index (χ0v) is 14.9. The van der Waals surface area contributed by atoms with Gasteiger partial charge >= 0.3 is 0 Å². The molecule has 6 aromatic rings. The van der Waals surface area contributed by atoms with Gasteiger partial charge in [0.05, 0.1) is 28.4 Å². The highest BCUT2D eigenvalue weighted by Gasteiger charge is 2.16. The molecule has 0 fully saturated rings. The Bertz CT molecular complexity index is 1460. The van der Waals surface area contributed by atoms with Crippen LogP contribution in [-0.2, 0) is 0 Å². The maximum Gasteiger partial charge on any atom is 0.143 e. The van der Waals surface area contributed by atoms with Gasteiger partial charge in [-0.25, -0.2) is 4.98 Å². The highest BCUT2D eigenvalue weighted by atomic mass is 16.3. The third kappa shape index (κ3) is 2.12. The van der Waals surface area contributed by atoms with Crippen LogP contribution in [0, 0.1) is 0 Å². The molecule has 0 radical (unpaired) electrons. The minimum atomic E-state index is 0.881. The molecule has 0 amide bonds. The van der Waals surface area contributed by atoms with Crippen molar-refractivity contribution in [2.45, 2.75) is 0 Å². The standard InChI is InChI=1S/C24H15N3O/c1-2-6-20-18(4-1)23-21(9-8-17-12-15-28-24(17)23)27(20)22-7-3-5-19(26-22)16-10-13-25-14-11-16/h1-15H. The highest BCUT2D eigenvalue weighted by molar-refractivity contribution is 6.19. The van der Waals surface area contributed by atoms with Crippen LogP contribution in [0.15, 0.2) is 95.9 Å². The SMILES string of the molecule is c1cc(-c2ccncc2)nc(-n2c3ccccc3c3c4occc4ccc32)c1. The van der Waals surface area contributed by atoms with Gasteiger partial charge < -0.3 is 4.42 Å². The third-order valence-corrected chi connectivity index (χ3v) is 5.19. The Morgan fingerprint density at radius 2 is 1.64 bits per heavy atom. The fourth-order valence-electron chi connectivity index (χ4n) is 3.96. The van der Waals surface area contributed by atoms with Gasteiger partial charge in [0.1, 0.15) is 11.4 Å². The molecule has 0 aliphatic rings. The van der Waals surface area contributed by atoms with Crippen LogP contribution in [0.5, 0.6) is 0 Å². The Morgan fingerprint density at radius 1 is 0.750 bits per heavy atom. The number of furan rings is 1. The Labute approximate surface area is 160 Å². The normalized spacial score (nSPS) is 11.6. The van der Waals surface area contributed by atoms with Crippen molar-refractivity contribution in [3.8, 4) is 17.1 Å². The number of para-hydroxylation sites is 1. The van der Waals surface area contributed by atoms with Crippen molar-refractivity contribution >= 4 is 32.8 Å². The smallest absolute Gasteiger partial charge is 0.143 e. The first kappa shape index (κ1) is 15.2. The maximum atomic E-state index is 5.84. The average molecular weight is 361 g/mol. The van der Waals surface area contributed by atoms with Gasteiger partial charge in [-0.3, -0.25) is 9.55 Å². The largest absolute Gasteiger partial charge is 0.464 e. The molecule has 0 atom stereocenters. The van der Waals surface area contributed by atoms with Crippen LogP contribution in [0.3, 0.4) is 0 Å². The third-order valence-electron chi connectivity index (χ3n) is 5.19. The first-order chi connectivity index (χ1) is 13.9. The van der Waals surface area contributed by atoms with Crippen LogP contribution in [0.4, 0.5) is 0 Å². The number of aromatic nitrogens is 3. The lowest BCUT2D eigenvalue weighted by Crippen LogP contribution is -1.98. The topological polar surface area (TPSA) is 43.9 Å². The van der Waals surface area contributed by atoms with Gasteiger partial charge in [0.2, 0.25) is 0 Å². The summed E-state index contributed by atoms with van der Waals surface area (Å²) < 4.78 is 8.05. The molecule has 4 heteroatoms. The minimum Gasteiger partial charge on any atom is -0.464 e. The first-order valence-electron chi connectivity index (χ1n) is 9.17. The second-order valence-corrected chi connectivity index (χ2v) is 6.77. The van der Waals surface area contributed by atoms with Crippen LogP contribution in [0.25, 0.3) is 49.9 Å². The Balaban J connectivity index is 1.71. The summed E-state index contributed by atoms with van der Waals surface area (Å²) in [4.78, 5) is 9.06. The molecule has 0 aliphatic carbocycles. The molecule has 2 aromatic carbocycles. The van der Waals surface area contributed by atoms with E-state index in [9.17, 15) is 0 Å². The highest BCUT2D eigenvalue weighted by Crippen LogP contribution is 2.36. The number of benzene rings is 2. The van der Waals surface area contributed by atoms with E-state index < -0.39 is 0 Å². The summed E-state index contributed by atoms with van der Waals surface area (Å²) in [5, 5.41) is 3.39. The number of nitrogens with zero attached hydrogens (tertiary/aromatic N) is 3. The van der Waals surface area contributed by atoms with E-state index in [1.807, 2.05) is 36.4 Å². The van der Waals surface area contributed by atoms with Gasteiger partial charge in [0.25, 0.3) is 0 Å². The van der Waals surface area contributed by atoms with E-state index in [0.717, 1.165) is 49.9 Å². The molecule has 132 valence electrons. The summed E-state index contributed by atoms with van der Waals surface area (Å²) in [5.74, 6) is 0.881. The Hall–Kier alpha value is -3.92. The van der Waals surface area contributed by atoms with Crippen molar-refractivity contribution in [2.75, 3.05) is 0 Å². The molecule has 0 saturated heterocycles. The molecular formula is C24H15N3O. The van der Waals surface area contributed by atoms with E-state index in [4.69, 9.17) is 9.40 Å². The molecule has 6 rings (SSSR count). The maximum absolute atomic E-state index is 5.84. The molecule has 4 nitrogen and oxygen atoms in total. The first-order valence-corrected chi connectivity index (χ1v) is 9.17. The monoisotopic (exact) mass is 361 g/mol. The van der Waals surface area contributed by atoms with Crippen molar-refractivity contribution < 1.29 is 4.42 Å². The van der Waals surface area contributed by atoms with E-state index >= 15 is 0 Å². The fourth-order valence-corrected chi connectivity index (χ4v) is 3.96. The second-order valence-electron chi connectivity index (χ2n) is 6.77. The second kappa shape index (κ2) is 5.79. The predicted octanol–water partition coefficient (Wildman–Crippen LogP) is 5.99. The molecule has 4 heterocycles. The summed E-state index contributed by atoms with van der Waals surface area (Å²) in [6.07, 6.45) is 5.33. The molecule has 0 saturated carbocycles. The van der Waals surface area contributed by atoms with Crippen molar-refractivity contribution in [3.63, 3.8) is 0 Å². The number of hydrogen-bond donors (Lipinski definition) is 0. The number of pyridine rings is 2. The molecule has 4 aromatic heterocycles. The molecule has 28 heavy (non-hydrogen) atoms. The van der Waals surface area contributed by atoms with E-state index in [1.54, 1.807) is 18.7 Å². The molecule has 0 aliphatic heterocycles. The number of hydrogen-bond acceptors (Lipinski definition) is 3. The van der Waals surface area contributed by atoms with Gasteiger partial charge in [-0.15, -0.1) is 0 Å². The van der Waals surface area contributed by atoms with Gasteiger partial charge in [0, 0.05) is 28.7 Å². The number of rotatable bonds is 2. The van der Waals surface area contributed by atoms with Crippen LogP contribution >= 0.6 is 0 Å². The molecule has 0 spiro atoms. The molecule has 0 bridgehead atoms. The van der Waals surface area contributed by atoms with E-state index in [0.29, 0.717) is 0 Å². The lowest BCUT2D eigenvalue weighted by Gasteiger charge is -2.09. The van der Waals surface area contributed by atoms with Gasteiger partial charge in [-0.1, -0.05) is 24.3 Å². The Morgan fingerprint density at radius 3 is 2.57 bits per heavy atom. The lowest BCUT2D eigenvalue weighted by atomic mass is 10.1. The van der Waals surface area contributed by atoms with Gasteiger partial charge in [0.15, 0.2) is 0 Å². The zero-order chi connectivity index (χ0) is 18.5. The van der Waals surface area contributed by atoms with Crippen molar-refractivity contribution in [2.24, 2.45) is 0 Å². The quantitative estimate of drug-likeness (QED) is 0.381. The van der Waals surface area contributed by atoms with Crippen LogP contribution in [0.2, 0.25) is 0 Å². The number of fused-ring (bicyclic) bond motifs is 5.